The molecule has 4 nitrogen and oxygen atoms in total. The summed E-state index contributed by atoms with van der Waals surface area (Å²) in [4.78, 5) is 16.0. The van der Waals surface area contributed by atoms with Crippen molar-refractivity contribution in [1.29, 1.82) is 0 Å². The number of hydrogen-bond acceptors (Lipinski definition) is 4. The summed E-state index contributed by atoms with van der Waals surface area (Å²) in [5.41, 5.74) is 1.81. The number of fused-ring (bicyclic) bond motifs is 1. The number of aromatic nitrogens is 1. The Balaban J connectivity index is 2.00. The zero-order chi connectivity index (χ0) is 13.0. The van der Waals surface area contributed by atoms with E-state index in [9.17, 15) is 4.79 Å². The molecule has 0 aliphatic carbocycles. The first-order valence-corrected chi connectivity index (χ1v) is 6.88. The molecular formula is C13H17N3OS. The minimum Gasteiger partial charge on any atom is -0.325 e. The molecule has 0 fully saturated rings. The lowest BCUT2D eigenvalue weighted by Gasteiger charge is -2.05. The molecule has 96 valence electrons. The lowest BCUT2D eigenvalue weighted by Crippen LogP contribution is -2.28. The van der Waals surface area contributed by atoms with E-state index in [1.807, 2.05) is 25.1 Å². The van der Waals surface area contributed by atoms with E-state index in [0.29, 0.717) is 6.54 Å². The Morgan fingerprint density at radius 1 is 1.44 bits per heavy atom. The number of carbonyl (C=O) groups is 1. The molecule has 2 rings (SSSR count). The fourth-order valence-corrected chi connectivity index (χ4v) is 2.57. The average molecular weight is 263 g/mol. The molecule has 0 atom stereocenters. The van der Waals surface area contributed by atoms with Gasteiger partial charge in [-0.15, -0.1) is 11.3 Å². The topological polar surface area (TPSA) is 54.0 Å². The summed E-state index contributed by atoms with van der Waals surface area (Å²) in [6.07, 6.45) is 1.03. The lowest BCUT2D eigenvalue weighted by molar-refractivity contribution is -0.115. The van der Waals surface area contributed by atoms with Crippen LogP contribution in [-0.4, -0.2) is 24.0 Å². The third kappa shape index (κ3) is 3.27. The van der Waals surface area contributed by atoms with Crippen LogP contribution in [0.25, 0.3) is 10.2 Å². The van der Waals surface area contributed by atoms with Gasteiger partial charge in [0.1, 0.15) is 0 Å². The number of nitrogens with one attached hydrogen (secondary N) is 2. The van der Waals surface area contributed by atoms with Crippen molar-refractivity contribution in [2.45, 2.75) is 20.3 Å². The van der Waals surface area contributed by atoms with Crippen molar-refractivity contribution in [1.82, 2.24) is 10.3 Å². The molecule has 0 saturated heterocycles. The van der Waals surface area contributed by atoms with Gasteiger partial charge in [0.25, 0.3) is 0 Å². The second-order valence-electron chi connectivity index (χ2n) is 4.14. The van der Waals surface area contributed by atoms with Crippen LogP contribution in [0, 0.1) is 6.92 Å². The number of rotatable bonds is 5. The van der Waals surface area contributed by atoms with E-state index in [1.165, 1.54) is 0 Å². The summed E-state index contributed by atoms with van der Waals surface area (Å²) < 4.78 is 1.10. The molecule has 0 bridgehead atoms. The monoisotopic (exact) mass is 263 g/mol. The van der Waals surface area contributed by atoms with Crippen LogP contribution in [0.1, 0.15) is 18.4 Å². The van der Waals surface area contributed by atoms with E-state index in [-0.39, 0.29) is 5.91 Å². The van der Waals surface area contributed by atoms with E-state index in [1.54, 1.807) is 11.3 Å². The molecule has 0 spiro atoms. The minimum atomic E-state index is -0.0102. The first-order valence-electron chi connectivity index (χ1n) is 6.07. The molecule has 1 heterocycles. The Morgan fingerprint density at radius 3 is 3.06 bits per heavy atom. The molecule has 0 radical (unpaired) electrons. The van der Waals surface area contributed by atoms with E-state index in [4.69, 9.17) is 0 Å². The van der Waals surface area contributed by atoms with Crippen molar-refractivity contribution in [2.75, 3.05) is 18.4 Å². The van der Waals surface area contributed by atoms with Gasteiger partial charge in [0, 0.05) is 5.69 Å². The number of aryl methyl sites for hydroxylation is 1. The third-order valence-corrected chi connectivity index (χ3v) is 3.43. The Hall–Kier alpha value is -1.46. The molecule has 1 aromatic carbocycles. The van der Waals surface area contributed by atoms with Gasteiger partial charge in [-0.1, -0.05) is 6.92 Å². The summed E-state index contributed by atoms with van der Waals surface area (Å²) in [6.45, 7) is 5.27. The Bertz CT molecular complexity index is 550. The molecule has 2 aromatic rings. The maximum absolute atomic E-state index is 11.6. The van der Waals surface area contributed by atoms with E-state index in [2.05, 4.69) is 22.5 Å². The molecule has 5 heteroatoms. The van der Waals surface area contributed by atoms with Gasteiger partial charge in [0.05, 0.1) is 21.8 Å². The van der Waals surface area contributed by atoms with Crippen LogP contribution in [0.15, 0.2) is 18.2 Å². The fourth-order valence-electron chi connectivity index (χ4n) is 1.70. The average Bonchev–Trinajstić information content (AvgIpc) is 2.69. The number of hydrogen-bond donors (Lipinski definition) is 2. The predicted octanol–water partition coefficient (Wildman–Crippen LogP) is 2.54. The lowest BCUT2D eigenvalue weighted by atomic mass is 10.3. The summed E-state index contributed by atoms with van der Waals surface area (Å²) >= 11 is 1.64. The number of anilines is 1. The third-order valence-electron chi connectivity index (χ3n) is 2.49. The number of benzene rings is 1. The Kier molecular flexibility index (Phi) is 4.28. The highest BCUT2D eigenvalue weighted by molar-refractivity contribution is 7.18. The molecule has 0 aliphatic heterocycles. The summed E-state index contributed by atoms with van der Waals surface area (Å²) in [6, 6.07) is 5.80. The molecule has 0 aliphatic rings. The van der Waals surface area contributed by atoms with Crippen molar-refractivity contribution < 1.29 is 4.79 Å². The molecular weight excluding hydrogens is 246 g/mol. The smallest absolute Gasteiger partial charge is 0.238 e. The molecule has 1 aromatic heterocycles. The fraction of sp³-hybridized carbons (Fsp3) is 0.385. The zero-order valence-electron chi connectivity index (χ0n) is 10.6. The van der Waals surface area contributed by atoms with E-state index in [0.717, 1.165) is 33.9 Å². The van der Waals surface area contributed by atoms with E-state index < -0.39 is 0 Å². The molecule has 0 saturated carbocycles. The minimum absolute atomic E-state index is 0.0102. The van der Waals surface area contributed by atoms with Crippen LogP contribution in [0.5, 0.6) is 0 Å². The molecule has 2 N–H and O–H groups in total. The SMILES string of the molecule is CCCNCC(=O)Nc1ccc2nc(C)sc2c1. The normalized spacial score (nSPS) is 10.8. The summed E-state index contributed by atoms with van der Waals surface area (Å²) in [5.74, 6) is -0.0102. The quantitative estimate of drug-likeness (QED) is 0.815. The zero-order valence-corrected chi connectivity index (χ0v) is 11.4. The van der Waals surface area contributed by atoms with E-state index >= 15 is 0 Å². The van der Waals surface area contributed by atoms with Gasteiger partial charge in [-0.2, -0.15) is 0 Å². The van der Waals surface area contributed by atoms with Crippen molar-refractivity contribution >= 4 is 33.1 Å². The second kappa shape index (κ2) is 5.93. The van der Waals surface area contributed by atoms with Crippen LogP contribution in [0.4, 0.5) is 5.69 Å². The van der Waals surface area contributed by atoms with Crippen LogP contribution in [-0.2, 0) is 4.79 Å². The van der Waals surface area contributed by atoms with Crippen LogP contribution in [0.2, 0.25) is 0 Å². The standard InChI is InChI=1S/C13H17N3OS/c1-3-6-14-8-13(17)16-10-4-5-11-12(7-10)18-9(2)15-11/h4-5,7,14H,3,6,8H2,1-2H3,(H,16,17). The van der Waals surface area contributed by atoms with Gasteiger partial charge in [-0.3, -0.25) is 4.79 Å². The van der Waals surface area contributed by atoms with Crippen LogP contribution < -0.4 is 10.6 Å². The number of thiazole rings is 1. The highest BCUT2D eigenvalue weighted by atomic mass is 32.1. The van der Waals surface area contributed by atoms with Crippen LogP contribution >= 0.6 is 11.3 Å². The van der Waals surface area contributed by atoms with Crippen LogP contribution in [0.3, 0.4) is 0 Å². The number of carbonyl (C=O) groups excluding carboxylic acids is 1. The molecule has 1 amide bonds. The van der Waals surface area contributed by atoms with Gasteiger partial charge >= 0.3 is 0 Å². The Labute approximate surface area is 110 Å². The first kappa shape index (κ1) is 13.0. The van der Waals surface area contributed by atoms with Gasteiger partial charge in [-0.25, -0.2) is 4.98 Å². The highest BCUT2D eigenvalue weighted by Gasteiger charge is 2.04. The van der Waals surface area contributed by atoms with Crippen molar-refractivity contribution in [3.05, 3.63) is 23.2 Å². The Morgan fingerprint density at radius 2 is 2.28 bits per heavy atom. The first-order chi connectivity index (χ1) is 8.69. The second-order valence-corrected chi connectivity index (χ2v) is 5.38. The van der Waals surface area contributed by atoms with Crippen molar-refractivity contribution in [2.24, 2.45) is 0 Å². The number of nitrogens with zero attached hydrogens (tertiary/aromatic N) is 1. The largest absolute Gasteiger partial charge is 0.325 e. The maximum Gasteiger partial charge on any atom is 0.238 e. The van der Waals surface area contributed by atoms with Gasteiger partial charge in [0.15, 0.2) is 0 Å². The maximum atomic E-state index is 11.6. The van der Waals surface area contributed by atoms with Crippen molar-refractivity contribution in [3.63, 3.8) is 0 Å². The molecule has 0 unspecified atom stereocenters. The summed E-state index contributed by atoms with van der Waals surface area (Å²) in [5, 5.41) is 6.99. The molecule has 18 heavy (non-hydrogen) atoms. The summed E-state index contributed by atoms with van der Waals surface area (Å²) in [7, 11) is 0. The van der Waals surface area contributed by atoms with Crippen molar-refractivity contribution in [3.8, 4) is 0 Å². The van der Waals surface area contributed by atoms with Gasteiger partial charge in [-0.05, 0) is 38.1 Å². The highest BCUT2D eigenvalue weighted by Crippen LogP contribution is 2.24. The predicted molar refractivity (Wildman–Crippen MR) is 76.1 cm³/mol. The van der Waals surface area contributed by atoms with Gasteiger partial charge in [0.2, 0.25) is 5.91 Å². The number of amides is 1. The van der Waals surface area contributed by atoms with Gasteiger partial charge < -0.3 is 10.6 Å².